The molecular formula is C19H20FN5O4S. The quantitative estimate of drug-likeness (QED) is 0.537. The van der Waals surface area contributed by atoms with Crippen LogP contribution in [0.1, 0.15) is 24.0 Å². The molecule has 1 unspecified atom stereocenters. The van der Waals surface area contributed by atoms with E-state index in [1.807, 2.05) is 6.07 Å². The molecule has 2 aromatic carbocycles. The van der Waals surface area contributed by atoms with Gasteiger partial charge in [-0.25, -0.2) is 17.5 Å². The van der Waals surface area contributed by atoms with E-state index >= 15 is 0 Å². The van der Waals surface area contributed by atoms with Gasteiger partial charge in [0, 0.05) is 6.54 Å². The number of ether oxygens (including phenoxy) is 1. The van der Waals surface area contributed by atoms with Gasteiger partial charge in [-0.2, -0.15) is 5.21 Å². The minimum atomic E-state index is -4.03. The van der Waals surface area contributed by atoms with Crippen molar-refractivity contribution in [3.05, 3.63) is 53.3 Å². The summed E-state index contributed by atoms with van der Waals surface area (Å²) in [4.78, 5) is -0.168. The van der Waals surface area contributed by atoms with Crippen LogP contribution in [0.5, 0.6) is 5.75 Å². The minimum absolute atomic E-state index is 0.0571. The van der Waals surface area contributed by atoms with Gasteiger partial charge in [-0.05, 0) is 65.9 Å². The van der Waals surface area contributed by atoms with Crippen molar-refractivity contribution >= 4 is 10.0 Å². The average Bonchev–Trinajstić information content (AvgIpc) is 3.27. The molecule has 0 aliphatic heterocycles. The molecule has 3 aromatic rings. The third kappa shape index (κ3) is 3.78. The highest BCUT2D eigenvalue weighted by molar-refractivity contribution is 7.89. The van der Waals surface area contributed by atoms with Crippen molar-refractivity contribution in [1.29, 1.82) is 0 Å². The molecule has 158 valence electrons. The van der Waals surface area contributed by atoms with Gasteiger partial charge in [0.2, 0.25) is 15.8 Å². The van der Waals surface area contributed by atoms with Crippen LogP contribution in [-0.4, -0.2) is 47.8 Å². The molecule has 1 aromatic heterocycles. The summed E-state index contributed by atoms with van der Waals surface area (Å²) in [6.45, 7) is -0.219. The van der Waals surface area contributed by atoms with Crippen molar-refractivity contribution in [2.75, 3.05) is 13.7 Å². The Morgan fingerprint density at radius 3 is 2.87 bits per heavy atom. The first-order chi connectivity index (χ1) is 14.3. The maximum atomic E-state index is 14.1. The number of benzene rings is 2. The third-order valence-electron chi connectivity index (χ3n) is 5.24. The molecule has 0 fully saturated rings. The number of rotatable bonds is 6. The van der Waals surface area contributed by atoms with Crippen molar-refractivity contribution < 1.29 is 22.7 Å². The molecule has 1 atom stereocenters. The first kappa shape index (κ1) is 20.4. The largest absolute Gasteiger partial charge is 0.497 e. The molecule has 0 radical (unpaired) electrons. The van der Waals surface area contributed by atoms with Crippen LogP contribution in [-0.2, 0) is 22.0 Å². The Labute approximate surface area is 172 Å². The van der Waals surface area contributed by atoms with Crippen LogP contribution in [0.4, 0.5) is 4.39 Å². The van der Waals surface area contributed by atoms with Crippen molar-refractivity contribution in [1.82, 2.24) is 25.3 Å². The normalized spacial score (nSPS) is 18.8. The third-order valence-corrected chi connectivity index (χ3v) is 6.64. The van der Waals surface area contributed by atoms with Gasteiger partial charge in [0.25, 0.3) is 0 Å². The summed E-state index contributed by atoms with van der Waals surface area (Å²) in [7, 11) is -2.47. The lowest BCUT2D eigenvalue weighted by molar-refractivity contribution is 0.0242. The number of H-pyrrole nitrogens is 1. The zero-order chi connectivity index (χ0) is 21.4. The number of hydrogen-bond acceptors (Lipinski definition) is 7. The lowest BCUT2D eigenvalue weighted by atomic mass is 9.79. The Morgan fingerprint density at radius 1 is 1.30 bits per heavy atom. The molecular weight excluding hydrogens is 413 g/mol. The molecule has 3 N–H and O–H groups in total. The molecule has 0 spiro atoms. The van der Waals surface area contributed by atoms with Crippen molar-refractivity contribution in [3.8, 4) is 17.1 Å². The molecule has 0 amide bonds. The van der Waals surface area contributed by atoms with Gasteiger partial charge in [-0.15, -0.1) is 10.2 Å². The maximum Gasteiger partial charge on any atom is 0.240 e. The second kappa shape index (κ2) is 7.74. The monoisotopic (exact) mass is 433 g/mol. The molecule has 1 heterocycles. The Bertz CT molecular complexity index is 1170. The Morgan fingerprint density at radius 2 is 2.13 bits per heavy atom. The zero-order valence-corrected chi connectivity index (χ0v) is 16.9. The summed E-state index contributed by atoms with van der Waals surface area (Å²) >= 11 is 0. The summed E-state index contributed by atoms with van der Waals surface area (Å²) in [5, 5.41) is 24.1. The number of nitrogens with one attached hydrogen (secondary N) is 2. The molecule has 11 heteroatoms. The van der Waals surface area contributed by atoms with Crippen LogP contribution in [0, 0.1) is 5.82 Å². The number of nitrogens with zero attached hydrogens (tertiary/aromatic N) is 3. The fourth-order valence-corrected chi connectivity index (χ4v) is 4.78. The molecule has 0 saturated heterocycles. The summed E-state index contributed by atoms with van der Waals surface area (Å²) in [6, 6.07) is 8.65. The maximum absolute atomic E-state index is 14.1. The second-order valence-corrected chi connectivity index (χ2v) is 8.88. The Kier molecular flexibility index (Phi) is 5.26. The van der Waals surface area contributed by atoms with E-state index in [1.54, 1.807) is 19.2 Å². The molecule has 1 aliphatic rings. The SMILES string of the molecule is COc1ccc2c(c1)CCCC2(O)CNS(=O)(=O)c1ccc(F)c(-c2nn[nH]n2)c1. The van der Waals surface area contributed by atoms with Gasteiger partial charge in [-0.3, -0.25) is 0 Å². The Hall–Kier alpha value is -2.89. The van der Waals surface area contributed by atoms with E-state index in [0.29, 0.717) is 24.2 Å². The predicted molar refractivity (Wildman–Crippen MR) is 105 cm³/mol. The predicted octanol–water partition coefficient (Wildman–Crippen LogP) is 1.52. The van der Waals surface area contributed by atoms with Gasteiger partial charge in [0.05, 0.1) is 17.6 Å². The van der Waals surface area contributed by atoms with E-state index in [9.17, 15) is 17.9 Å². The number of sulfonamides is 1. The van der Waals surface area contributed by atoms with Gasteiger partial charge in [0.15, 0.2) is 0 Å². The molecule has 0 saturated carbocycles. The highest BCUT2D eigenvalue weighted by Crippen LogP contribution is 2.37. The molecule has 0 bridgehead atoms. The number of aryl methyl sites for hydroxylation is 1. The average molecular weight is 433 g/mol. The van der Waals surface area contributed by atoms with E-state index in [4.69, 9.17) is 4.74 Å². The van der Waals surface area contributed by atoms with Gasteiger partial charge >= 0.3 is 0 Å². The van der Waals surface area contributed by atoms with E-state index in [0.717, 1.165) is 30.2 Å². The highest BCUT2D eigenvalue weighted by atomic mass is 32.2. The number of halogens is 1. The van der Waals surface area contributed by atoms with Crippen molar-refractivity contribution in [3.63, 3.8) is 0 Å². The van der Waals surface area contributed by atoms with Crippen LogP contribution in [0.25, 0.3) is 11.4 Å². The number of aromatic nitrogens is 4. The minimum Gasteiger partial charge on any atom is -0.497 e. The number of aromatic amines is 1. The van der Waals surface area contributed by atoms with Crippen LogP contribution in [0.3, 0.4) is 0 Å². The standard InChI is InChI=1S/C19H20FN5O4S/c1-29-13-4-6-16-12(9-13)3-2-8-19(16,26)11-21-30(27,28)14-5-7-17(20)15(10-14)18-22-24-25-23-18/h4-7,9-10,21,26H,2-3,8,11H2,1H3,(H,22,23,24,25). The first-order valence-electron chi connectivity index (χ1n) is 9.25. The van der Waals surface area contributed by atoms with Gasteiger partial charge < -0.3 is 9.84 Å². The molecule has 9 nitrogen and oxygen atoms in total. The summed E-state index contributed by atoms with van der Waals surface area (Å²) < 4.78 is 47.4. The fraction of sp³-hybridized carbons (Fsp3) is 0.316. The number of methoxy groups -OCH3 is 1. The summed E-state index contributed by atoms with van der Waals surface area (Å²) in [6.07, 6.45) is 1.89. The summed E-state index contributed by atoms with van der Waals surface area (Å²) in [5.74, 6) is -0.0543. The molecule has 4 rings (SSSR count). The number of hydrogen-bond donors (Lipinski definition) is 3. The molecule has 1 aliphatic carbocycles. The van der Waals surface area contributed by atoms with Gasteiger partial charge in [0.1, 0.15) is 17.2 Å². The van der Waals surface area contributed by atoms with Crippen molar-refractivity contribution in [2.45, 2.75) is 29.8 Å². The van der Waals surface area contributed by atoms with E-state index in [-0.39, 0.29) is 22.8 Å². The highest BCUT2D eigenvalue weighted by Gasteiger charge is 2.36. The Balaban J connectivity index is 1.59. The summed E-state index contributed by atoms with van der Waals surface area (Å²) in [5.41, 5.74) is 0.136. The number of aliphatic hydroxyl groups is 1. The molecule has 30 heavy (non-hydrogen) atoms. The van der Waals surface area contributed by atoms with E-state index in [1.165, 1.54) is 0 Å². The van der Waals surface area contributed by atoms with Crippen molar-refractivity contribution in [2.24, 2.45) is 0 Å². The number of tetrazole rings is 1. The lowest BCUT2D eigenvalue weighted by Crippen LogP contribution is -2.43. The van der Waals surface area contributed by atoms with Gasteiger partial charge in [-0.1, -0.05) is 6.07 Å². The van der Waals surface area contributed by atoms with Crippen LogP contribution >= 0.6 is 0 Å². The topological polar surface area (TPSA) is 130 Å². The van der Waals surface area contributed by atoms with E-state index < -0.39 is 21.4 Å². The number of fused-ring (bicyclic) bond motifs is 1. The zero-order valence-electron chi connectivity index (χ0n) is 16.1. The van der Waals surface area contributed by atoms with Crippen LogP contribution in [0.2, 0.25) is 0 Å². The lowest BCUT2D eigenvalue weighted by Gasteiger charge is -2.34. The van der Waals surface area contributed by atoms with E-state index in [2.05, 4.69) is 25.3 Å². The van der Waals surface area contributed by atoms with Crippen LogP contribution < -0.4 is 9.46 Å². The first-order valence-corrected chi connectivity index (χ1v) is 10.7. The van der Waals surface area contributed by atoms with Crippen LogP contribution in [0.15, 0.2) is 41.3 Å². The fourth-order valence-electron chi connectivity index (χ4n) is 3.66. The smallest absolute Gasteiger partial charge is 0.240 e. The second-order valence-electron chi connectivity index (χ2n) is 7.11.